The largest absolute Gasteiger partial charge is 0.481 e. The zero-order valence-corrected chi connectivity index (χ0v) is 14.5. The minimum Gasteiger partial charge on any atom is -0.481 e. The first-order chi connectivity index (χ1) is 12.0. The lowest BCUT2D eigenvalue weighted by Crippen LogP contribution is -2.57. The molecular weight excluding hydrogens is 318 g/mol. The minimum absolute atomic E-state index is 0.337. The molecule has 1 aliphatic heterocycles. The summed E-state index contributed by atoms with van der Waals surface area (Å²) in [5, 5.41) is 20.5. The van der Waals surface area contributed by atoms with Crippen molar-refractivity contribution in [2.75, 3.05) is 19.6 Å². The summed E-state index contributed by atoms with van der Waals surface area (Å²) < 4.78 is 1.98. The Morgan fingerprint density at radius 1 is 1.36 bits per heavy atom. The quantitative estimate of drug-likeness (QED) is 0.828. The van der Waals surface area contributed by atoms with Gasteiger partial charge in [-0.3, -0.25) is 4.79 Å². The maximum absolute atomic E-state index is 12.1. The number of imidazole rings is 1. The van der Waals surface area contributed by atoms with Crippen molar-refractivity contribution < 1.29 is 15.0 Å². The van der Waals surface area contributed by atoms with Crippen molar-refractivity contribution in [3.8, 4) is 0 Å². The molecule has 0 bridgehead atoms. The van der Waals surface area contributed by atoms with Gasteiger partial charge in [-0.1, -0.05) is 30.3 Å². The number of aliphatic carboxylic acids is 1. The molecule has 2 atom stereocenters. The third-order valence-corrected chi connectivity index (χ3v) is 5.22. The Hall–Kier alpha value is -2.18. The third kappa shape index (κ3) is 3.75. The highest BCUT2D eigenvalue weighted by molar-refractivity contribution is 5.76. The molecule has 6 nitrogen and oxygen atoms in total. The van der Waals surface area contributed by atoms with Gasteiger partial charge < -0.3 is 19.7 Å². The summed E-state index contributed by atoms with van der Waals surface area (Å²) in [5.41, 5.74) is -0.226. The van der Waals surface area contributed by atoms with Gasteiger partial charge in [0.1, 0.15) is 11.2 Å². The Balaban J connectivity index is 1.74. The second-order valence-corrected chi connectivity index (χ2v) is 6.91. The first-order valence-corrected chi connectivity index (χ1v) is 8.65. The molecule has 0 spiro atoms. The van der Waals surface area contributed by atoms with Crippen LogP contribution in [0.25, 0.3) is 0 Å². The van der Waals surface area contributed by atoms with Crippen molar-refractivity contribution in [2.24, 2.45) is 12.5 Å². The summed E-state index contributed by atoms with van der Waals surface area (Å²) in [6.45, 7) is 1.79. The molecule has 2 N–H and O–H groups in total. The fourth-order valence-corrected chi connectivity index (χ4v) is 3.67. The molecule has 0 saturated carbocycles. The molecule has 0 aliphatic carbocycles. The van der Waals surface area contributed by atoms with E-state index >= 15 is 0 Å². The number of aromatic nitrogens is 2. The zero-order valence-electron chi connectivity index (χ0n) is 14.5. The molecule has 25 heavy (non-hydrogen) atoms. The number of hydrogen-bond acceptors (Lipinski definition) is 4. The highest BCUT2D eigenvalue weighted by Crippen LogP contribution is 2.34. The van der Waals surface area contributed by atoms with Crippen molar-refractivity contribution in [3.05, 3.63) is 54.1 Å². The lowest BCUT2D eigenvalue weighted by atomic mass is 9.73. The van der Waals surface area contributed by atoms with Crippen molar-refractivity contribution in [1.82, 2.24) is 14.5 Å². The number of hydrogen-bond donors (Lipinski definition) is 2. The van der Waals surface area contributed by atoms with E-state index in [0.29, 0.717) is 25.9 Å². The van der Waals surface area contributed by atoms with E-state index in [9.17, 15) is 15.0 Å². The maximum Gasteiger partial charge on any atom is 0.313 e. The van der Waals surface area contributed by atoms with E-state index in [-0.39, 0.29) is 0 Å². The Morgan fingerprint density at radius 2 is 2.12 bits per heavy atom. The third-order valence-electron chi connectivity index (χ3n) is 5.22. The van der Waals surface area contributed by atoms with Gasteiger partial charge in [-0.2, -0.15) is 0 Å². The van der Waals surface area contributed by atoms with Crippen LogP contribution in [0.1, 0.15) is 17.8 Å². The lowest BCUT2D eigenvalue weighted by Gasteiger charge is -2.43. The first kappa shape index (κ1) is 17.6. The van der Waals surface area contributed by atoms with Gasteiger partial charge in [0.15, 0.2) is 0 Å². The van der Waals surface area contributed by atoms with Gasteiger partial charge in [0.05, 0.1) is 6.10 Å². The summed E-state index contributed by atoms with van der Waals surface area (Å²) in [5.74, 6) is 0.0562. The average molecular weight is 343 g/mol. The van der Waals surface area contributed by atoms with Gasteiger partial charge in [0, 0.05) is 45.5 Å². The van der Waals surface area contributed by atoms with Gasteiger partial charge in [-0.25, -0.2) is 4.98 Å². The molecular formula is C19H25N3O3. The normalized spacial score (nSPS) is 24.3. The van der Waals surface area contributed by atoms with E-state index in [2.05, 4.69) is 9.88 Å². The number of likely N-dealkylation sites (tertiary alicyclic amines) is 1. The summed E-state index contributed by atoms with van der Waals surface area (Å²) in [6.07, 6.45) is 4.41. The van der Waals surface area contributed by atoms with Gasteiger partial charge >= 0.3 is 5.97 Å². The predicted molar refractivity (Wildman–Crippen MR) is 94.2 cm³/mol. The summed E-state index contributed by atoms with van der Waals surface area (Å²) in [6, 6.07) is 9.56. The van der Waals surface area contributed by atoms with Gasteiger partial charge in [-0.15, -0.1) is 0 Å². The lowest BCUT2D eigenvalue weighted by molar-refractivity contribution is -0.163. The van der Waals surface area contributed by atoms with E-state index in [1.54, 1.807) is 6.20 Å². The van der Waals surface area contributed by atoms with E-state index in [4.69, 9.17) is 0 Å². The first-order valence-electron chi connectivity index (χ1n) is 8.65. The highest BCUT2D eigenvalue weighted by Gasteiger charge is 2.49. The Bertz CT molecular complexity index is 716. The Labute approximate surface area is 147 Å². The van der Waals surface area contributed by atoms with Crippen LogP contribution in [0.2, 0.25) is 0 Å². The molecule has 1 aromatic carbocycles. The van der Waals surface area contributed by atoms with E-state index in [0.717, 1.165) is 24.4 Å². The Kier molecular flexibility index (Phi) is 5.20. The summed E-state index contributed by atoms with van der Waals surface area (Å²) in [7, 11) is 1.96. The Morgan fingerprint density at radius 3 is 2.76 bits per heavy atom. The number of benzene rings is 1. The van der Waals surface area contributed by atoms with Crippen molar-refractivity contribution >= 4 is 5.97 Å². The molecule has 0 radical (unpaired) electrons. The molecule has 3 rings (SSSR count). The molecule has 1 fully saturated rings. The van der Waals surface area contributed by atoms with Crippen LogP contribution in [0, 0.1) is 5.41 Å². The fraction of sp³-hybridized carbons (Fsp3) is 0.474. The minimum atomic E-state index is -1.17. The number of nitrogens with zero attached hydrogens (tertiary/aromatic N) is 3. The molecule has 2 heterocycles. The molecule has 0 amide bonds. The number of carbonyl (C=O) groups is 1. The van der Waals surface area contributed by atoms with Crippen molar-refractivity contribution in [3.63, 3.8) is 0 Å². The van der Waals surface area contributed by atoms with Crippen LogP contribution in [0.4, 0.5) is 0 Å². The zero-order chi connectivity index (χ0) is 17.9. The van der Waals surface area contributed by atoms with Gasteiger partial charge in [0.25, 0.3) is 0 Å². The second kappa shape index (κ2) is 7.37. The molecule has 1 aliphatic rings. The van der Waals surface area contributed by atoms with Gasteiger partial charge in [-0.05, 0) is 18.4 Å². The predicted octanol–water partition coefficient (Wildman–Crippen LogP) is 1.34. The number of rotatable bonds is 6. The molecule has 2 aromatic rings. The fourth-order valence-electron chi connectivity index (χ4n) is 3.67. The average Bonchev–Trinajstić information content (AvgIpc) is 3.01. The van der Waals surface area contributed by atoms with E-state index in [1.165, 1.54) is 0 Å². The number of aliphatic hydroxyl groups is 1. The number of piperidine rings is 1. The second-order valence-electron chi connectivity index (χ2n) is 6.91. The molecule has 6 heteroatoms. The van der Waals surface area contributed by atoms with Crippen molar-refractivity contribution in [1.29, 1.82) is 0 Å². The van der Waals surface area contributed by atoms with Crippen LogP contribution in [0.3, 0.4) is 0 Å². The molecule has 1 saturated heterocycles. The van der Waals surface area contributed by atoms with Crippen molar-refractivity contribution in [2.45, 2.75) is 25.4 Å². The molecule has 134 valence electrons. The van der Waals surface area contributed by atoms with Crippen LogP contribution in [0.15, 0.2) is 42.7 Å². The molecule has 0 unspecified atom stereocenters. The van der Waals surface area contributed by atoms with Crippen LogP contribution >= 0.6 is 0 Å². The maximum atomic E-state index is 12.1. The SMILES string of the molecule is Cn1ccnc1CCN1CC[C@H](O)[C@@](Cc2ccccc2)(C(=O)O)C1. The highest BCUT2D eigenvalue weighted by atomic mass is 16.4. The number of carboxylic acid groups (broad SMARTS) is 1. The van der Waals surface area contributed by atoms with Gasteiger partial charge in [0.2, 0.25) is 0 Å². The number of aliphatic hydroxyl groups excluding tert-OH is 1. The number of aryl methyl sites for hydroxylation is 1. The topological polar surface area (TPSA) is 78.6 Å². The smallest absolute Gasteiger partial charge is 0.313 e. The van der Waals surface area contributed by atoms with Crippen LogP contribution in [-0.2, 0) is 24.7 Å². The summed E-state index contributed by atoms with van der Waals surface area (Å²) >= 11 is 0. The van der Waals surface area contributed by atoms with E-state index < -0.39 is 17.5 Å². The van der Waals surface area contributed by atoms with Crippen LogP contribution < -0.4 is 0 Å². The van der Waals surface area contributed by atoms with Crippen LogP contribution in [0.5, 0.6) is 0 Å². The van der Waals surface area contributed by atoms with Crippen LogP contribution in [-0.4, -0.2) is 56.4 Å². The number of carboxylic acids is 1. The molecule has 1 aromatic heterocycles. The van der Waals surface area contributed by atoms with E-state index in [1.807, 2.05) is 48.1 Å². The summed E-state index contributed by atoms with van der Waals surface area (Å²) in [4.78, 5) is 18.6. The standard InChI is InChI=1S/C19H25N3O3/c1-21-12-9-20-17(21)8-11-22-10-7-16(23)19(14-22,18(24)25)13-15-5-3-2-4-6-15/h2-6,9,12,16,23H,7-8,10-11,13-14H2,1H3,(H,24,25)/t16-,19-/m0/s1. The monoisotopic (exact) mass is 343 g/mol.